The molecule has 7 nitrogen and oxygen atoms in total. The van der Waals surface area contributed by atoms with Crippen molar-refractivity contribution in [1.29, 1.82) is 0 Å². The van der Waals surface area contributed by atoms with Crippen LogP contribution < -0.4 is 0 Å². The molecule has 0 saturated carbocycles. The Morgan fingerprint density at radius 2 is 1.88 bits per heavy atom. The van der Waals surface area contributed by atoms with E-state index in [9.17, 15) is 9.59 Å². The molecule has 7 heteroatoms. The van der Waals surface area contributed by atoms with Gasteiger partial charge < -0.3 is 14.1 Å². The number of aryl methyl sites for hydroxylation is 2. The Morgan fingerprint density at radius 3 is 2.56 bits per heavy atom. The molecule has 0 bridgehead atoms. The van der Waals surface area contributed by atoms with E-state index in [4.69, 9.17) is 4.42 Å². The van der Waals surface area contributed by atoms with E-state index in [0.717, 1.165) is 11.1 Å². The van der Waals surface area contributed by atoms with E-state index < -0.39 is 0 Å². The van der Waals surface area contributed by atoms with E-state index in [0.29, 0.717) is 37.6 Å². The molecule has 0 fully saturated rings. The molecule has 25 heavy (non-hydrogen) atoms. The van der Waals surface area contributed by atoms with Gasteiger partial charge in [0, 0.05) is 38.4 Å². The van der Waals surface area contributed by atoms with Crippen molar-refractivity contribution in [3.8, 4) is 11.5 Å². The van der Waals surface area contributed by atoms with Gasteiger partial charge in [0.15, 0.2) is 0 Å². The van der Waals surface area contributed by atoms with Crippen molar-refractivity contribution < 1.29 is 18.7 Å². The molecular formula is C18H23N3O4. The van der Waals surface area contributed by atoms with E-state index >= 15 is 0 Å². The minimum Gasteiger partial charge on any atom is -0.469 e. The van der Waals surface area contributed by atoms with Gasteiger partial charge in [-0.2, -0.15) is 0 Å². The number of benzene rings is 1. The SMILES string of the molecule is COC(=O)CCCN(C)C(=O)CCc1nnc(-c2ccc(C)cc2)o1. The number of hydrogen-bond acceptors (Lipinski definition) is 6. The molecule has 0 aliphatic carbocycles. The minimum atomic E-state index is -0.268. The van der Waals surface area contributed by atoms with Gasteiger partial charge in [0.1, 0.15) is 0 Å². The smallest absolute Gasteiger partial charge is 0.305 e. The summed E-state index contributed by atoms with van der Waals surface area (Å²) in [5, 5.41) is 8.02. The lowest BCUT2D eigenvalue weighted by Crippen LogP contribution is -2.28. The maximum Gasteiger partial charge on any atom is 0.305 e. The van der Waals surface area contributed by atoms with E-state index in [-0.39, 0.29) is 18.3 Å². The van der Waals surface area contributed by atoms with Crippen LogP contribution in [0.1, 0.15) is 30.7 Å². The van der Waals surface area contributed by atoms with Gasteiger partial charge in [-0.05, 0) is 25.5 Å². The van der Waals surface area contributed by atoms with Crippen LogP contribution in [-0.4, -0.2) is 47.7 Å². The van der Waals surface area contributed by atoms with Crippen molar-refractivity contribution in [2.24, 2.45) is 0 Å². The number of carbonyl (C=O) groups is 2. The summed E-state index contributed by atoms with van der Waals surface area (Å²) < 4.78 is 10.2. The first-order chi connectivity index (χ1) is 12.0. The first kappa shape index (κ1) is 18.6. The summed E-state index contributed by atoms with van der Waals surface area (Å²) in [6.07, 6.45) is 1.55. The molecule has 2 aromatic rings. The second-order valence-corrected chi connectivity index (χ2v) is 5.86. The van der Waals surface area contributed by atoms with Crippen molar-refractivity contribution in [2.45, 2.75) is 32.6 Å². The van der Waals surface area contributed by atoms with Gasteiger partial charge in [-0.3, -0.25) is 9.59 Å². The summed E-state index contributed by atoms with van der Waals surface area (Å²) in [5.74, 6) is 0.594. The van der Waals surface area contributed by atoms with Crippen molar-refractivity contribution in [1.82, 2.24) is 15.1 Å². The summed E-state index contributed by atoms with van der Waals surface area (Å²) in [5.41, 5.74) is 2.01. The summed E-state index contributed by atoms with van der Waals surface area (Å²) in [6.45, 7) is 2.52. The average Bonchev–Trinajstić information content (AvgIpc) is 3.08. The molecule has 0 radical (unpaired) electrons. The molecule has 0 unspecified atom stereocenters. The number of esters is 1. The van der Waals surface area contributed by atoms with Crippen molar-refractivity contribution in [2.75, 3.05) is 20.7 Å². The Morgan fingerprint density at radius 1 is 1.16 bits per heavy atom. The Hall–Kier alpha value is -2.70. The van der Waals surface area contributed by atoms with Gasteiger partial charge in [0.05, 0.1) is 7.11 Å². The predicted octanol–water partition coefficient (Wildman–Crippen LogP) is 2.39. The van der Waals surface area contributed by atoms with Gasteiger partial charge >= 0.3 is 5.97 Å². The highest BCUT2D eigenvalue weighted by molar-refractivity contribution is 5.76. The van der Waals surface area contributed by atoms with Crippen LogP contribution in [0, 0.1) is 6.92 Å². The summed E-state index contributed by atoms with van der Waals surface area (Å²) >= 11 is 0. The number of amides is 1. The number of ether oxygens (including phenoxy) is 1. The molecule has 0 spiro atoms. The molecule has 0 aliphatic rings. The van der Waals surface area contributed by atoms with Crippen LogP contribution in [0.3, 0.4) is 0 Å². The third-order valence-electron chi connectivity index (χ3n) is 3.85. The fraction of sp³-hybridized carbons (Fsp3) is 0.444. The molecule has 1 heterocycles. The number of methoxy groups -OCH3 is 1. The minimum absolute atomic E-state index is 0.0278. The average molecular weight is 345 g/mol. The molecule has 2 rings (SSSR count). The zero-order chi connectivity index (χ0) is 18.2. The standard InChI is InChI=1S/C18H23N3O4/c1-13-6-8-14(9-7-13)18-20-19-15(25-18)10-11-16(22)21(2)12-4-5-17(23)24-3/h6-9H,4-5,10-12H2,1-3H3. The highest BCUT2D eigenvalue weighted by Crippen LogP contribution is 2.18. The number of rotatable bonds is 8. The molecule has 0 atom stereocenters. The normalized spacial score (nSPS) is 10.5. The lowest BCUT2D eigenvalue weighted by molar-refractivity contribution is -0.141. The molecule has 1 amide bonds. The highest BCUT2D eigenvalue weighted by Gasteiger charge is 2.13. The van der Waals surface area contributed by atoms with Crippen molar-refractivity contribution >= 4 is 11.9 Å². The van der Waals surface area contributed by atoms with E-state index in [1.54, 1.807) is 11.9 Å². The molecule has 1 aromatic heterocycles. The van der Waals surface area contributed by atoms with Gasteiger partial charge in [0.25, 0.3) is 0 Å². The molecule has 0 aliphatic heterocycles. The summed E-state index contributed by atoms with van der Waals surface area (Å²) in [4.78, 5) is 24.8. The van der Waals surface area contributed by atoms with Gasteiger partial charge in [-0.15, -0.1) is 10.2 Å². The molecule has 0 N–H and O–H groups in total. The highest BCUT2D eigenvalue weighted by atomic mass is 16.5. The summed E-state index contributed by atoms with van der Waals surface area (Å²) in [7, 11) is 3.07. The first-order valence-corrected chi connectivity index (χ1v) is 8.20. The largest absolute Gasteiger partial charge is 0.469 e. The molecule has 1 aromatic carbocycles. The fourth-order valence-electron chi connectivity index (χ4n) is 2.26. The zero-order valence-electron chi connectivity index (χ0n) is 14.8. The molecule has 0 saturated heterocycles. The van der Waals surface area contributed by atoms with Crippen molar-refractivity contribution in [3.63, 3.8) is 0 Å². The maximum atomic E-state index is 12.1. The Balaban J connectivity index is 1.80. The maximum absolute atomic E-state index is 12.1. The van der Waals surface area contributed by atoms with Crippen molar-refractivity contribution in [3.05, 3.63) is 35.7 Å². The number of aromatic nitrogens is 2. The third kappa shape index (κ3) is 5.70. The number of carbonyl (C=O) groups excluding carboxylic acids is 2. The number of hydrogen-bond donors (Lipinski definition) is 0. The van der Waals surface area contributed by atoms with E-state index in [1.807, 2.05) is 31.2 Å². The molecule has 134 valence electrons. The second kappa shape index (κ2) is 8.96. The van der Waals surface area contributed by atoms with Crippen LogP contribution in [0.2, 0.25) is 0 Å². The van der Waals surface area contributed by atoms with Crippen LogP contribution in [0.4, 0.5) is 0 Å². The lowest BCUT2D eigenvalue weighted by atomic mass is 10.1. The Labute approximate surface area is 147 Å². The third-order valence-corrected chi connectivity index (χ3v) is 3.85. The van der Waals surface area contributed by atoms with Crippen LogP contribution in [0.15, 0.2) is 28.7 Å². The second-order valence-electron chi connectivity index (χ2n) is 5.86. The Kier molecular flexibility index (Phi) is 6.68. The number of nitrogens with zero attached hydrogens (tertiary/aromatic N) is 3. The van der Waals surface area contributed by atoms with Gasteiger partial charge in [-0.25, -0.2) is 0 Å². The van der Waals surface area contributed by atoms with Crippen LogP contribution >= 0.6 is 0 Å². The fourth-order valence-corrected chi connectivity index (χ4v) is 2.26. The topological polar surface area (TPSA) is 85.5 Å². The van der Waals surface area contributed by atoms with E-state index in [1.165, 1.54) is 7.11 Å². The quantitative estimate of drug-likeness (QED) is 0.683. The first-order valence-electron chi connectivity index (χ1n) is 8.20. The Bertz CT molecular complexity index is 709. The summed E-state index contributed by atoms with van der Waals surface area (Å²) in [6, 6.07) is 7.80. The predicted molar refractivity (Wildman–Crippen MR) is 91.7 cm³/mol. The van der Waals surface area contributed by atoms with Crippen LogP contribution in [-0.2, 0) is 20.7 Å². The lowest BCUT2D eigenvalue weighted by Gasteiger charge is -2.16. The van der Waals surface area contributed by atoms with Gasteiger partial charge in [-0.1, -0.05) is 17.7 Å². The van der Waals surface area contributed by atoms with Gasteiger partial charge in [0.2, 0.25) is 17.7 Å². The zero-order valence-corrected chi connectivity index (χ0v) is 14.8. The monoisotopic (exact) mass is 345 g/mol. The van der Waals surface area contributed by atoms with Crippen LogP contribution in [0.5, 0.6) is 0 Å². The molecular weight excluding hydrogens is 322 g/mol. The van der Waals surface area contributed by atoms with E-state index in [2.05, 4.69) is 14.9 Å². The van der Waals surface area contributed by atoms with Crippen LogP contribution in [0.25, 0.3) is 11.5 Å².